The zero-order chi connectivity index (χ0) is 17.7. The lowest BCUT2D eigenvalue weighted by Crippen LogP contribution is -2.17. The fraction of sp³-hybridized carbons (Fsp3) is 0.571. The minimum atomic E-state index is -0.378. The molecule has 0 aromatic rings. The standard InChI is InChI=1S/C21H27NO2/c1-2-3-4-5-6-7-8-9-10-11-12-13-14-15-16-17-18-19-20-21(23)22-24/h24H,2-6,9,12,15,18-20H2,1H3,(H,22,23). The lowest BCUT2D eigenvalue weighted by Gasteiger charge is -1.93. The lowest BCUT2D eigenvalue weighted by atomic mass is 10.1. The Morgan fingerprint density at radius 2 is 1.25 bits per heavy atom. The second-order valence-corrected chi connectivity index (χ2v) is 5.14. The molecular weight excluding hydrogens is 298 g/mol. The van der Waals surface area contributed by atoms with E-state index < -0.39 is 0 Å². The van der Waals surface area contributed by atoms with Gasteiger partial charge in [-0.25, -0.2) is 5.48 Å². The largest absolute Gasteiger partial charge is 0.289 e. The SMILES string of the molecule is CCCCCCC#CCC#CCC#CCC#CCCCC(=O)NO. The molecule has 0 saturated heterocycles. The third-order valence-corrected chi connectivity index (χ3v) is 3.02. The summed E-state index contributed by atoms with van der Waals surface area (Å²) in [5.74, 6) is 23.6. The van der Waals surface area contributed by atoms with Gasteiger partial charge in [0.15, 0.2) is 0 Å². The molecule has 0 aromatic carbocycles. The van der Waals surface area contributed by atoms with Crippen LogP contribution in [0.25, 0.3) is 0 Å². The van der Waals surface area contributed by atoms with Crippen LogP contribution in [0.5, 0.6) is 0 Å². The number of amides is 1. The molecule has 0 rings (SSSR count). The molecule has 0 spiro atoms. The Hall–Kier alpha value is -2.33. The zero-order valence-electron chi connectivity index (χ0n) is 14.6. The van der Waals surface area contributed by atoms with Gasteiger partial charge in [0.25, 0.3) is 0 Å². The maximum absolute atomic E-state index is 10.7. The van der Waals surface area contributed by atoms with Crippen LogP contribution in [0.3, 0.4) is 0 Å². The van der Waals surface area contributed by atoms with Gasteiger partial charge in [-0.2, -0.15) is 0 Å². The van der Waals surface area contributed by atoms with Crippen molar-refractivity contribution in [2.75, 3.05) is 0 Å². The van der Waals surface area contributed by atoms with Gasteiger partial charge in [-0.3, -0.25) is 10.0 Å². The third-order valence-electron chi connectivity index (χ3n) is 3.02. The van der Waals surface area contributed by atoms with E-state index in [9.17, 15) is 4.79 Å². The van der Waals surface area contributed by atoms with E-state index in [-0.39, 0.29) is 12.3 Å². The van der Waals surface area contributed by atoms with E-state index in [0.717, 1.165) is 6.42 Å². The van der Waals surface area contributed by atoms with Crippen LogP contribution in [0.1, 0.15) is 77.6 Å². The molecule has 0 heterocycles. The first-order valence-electron chi connectivity index (χ1n) is 8.57. The van der Waals surface area contributed by atoms with Gasteiger partial charge < -0.3 is 0 Å². The molecule has 0 fully saturated rings. The average molecular weight is 325 g/mol. The van der Waals surface area contributed by atoms with Gasteiger partial charge in [0.2, 0.25) is 5.91 Å². The molecule has 0 saturated carbocycles. The first kappa shape index (κ1) is 21.7. The quantitative estimate of drug-likeness (QED) is 0.324. The minimum absolute atomic E-state index is 0.286. The monoisotopic (exact) mass is 325 g/mol. The molecule has 0 bridgehead atoms. The Morgan fingerprint density at radius 3 is 1.75 bits per heavy atom. The molecule has 24 heavy (non-hydrogen) atoms. The summed E-state index contributed by atoms with van der Waals surface area (Å²) in [7, 11) is 0. The van der Waals surface area contributed by atoms with Crippen molar-refractivity contribution < 1.29 is 10.0 Å². The van der Waals surface area contributed by atoms with Crippen molar-refractivity contribution in [3.05, 3.63) is 0 Å². The van der Waals surface area contributed by atoms with Crippen LogP contribution in [-0.2, 0) is 4.79 Å². The van der Waals surface area contributed by atoms with Gasteiger partial charge in [-0.05, 0) is 12.8 Å². The van der Waals surface area contributed by atoms with Gasteiger partial charge in [0.1, 0.15) is 0 Å². The van der Waals surface area contributed by atoms with Crippen LogP contribution in [0, 0.1) is 47.4 Å². The van der Waals surface area contributed by atoms with Crippen LogP contribution in [0.4, 0.5) is 0 Å². The number of carbonyl (C=O) groups excluding carboxylic acids is 1. The van der Waals surface area contributed by atoms with Crippen molar-refractivity contribution in [3.63, 3.8) is 0 Å². The molecule has 0 aromatic heterocycles. The fourth-order valence-electron chi connectivity index (χ4n) is 1.72. The molecule has 3 heteroatoms. The van der Waals surface area contributed by atoms with E-state index in [1.807, 2.05) is 0 Å². The molecule has 3 nitrogen and oxygen atoms in total. The number of hydrogen-bond acceptors (Lipinski definition) is 2. The first-order valence-corrected chi connectivity index (χ1v) is 8.57. The van der Waals surface area contributed by atoms with E-state index in [4.69, 9.17) is 5.21 Å². The fourth-order valence-corrected chi connectivity index (χ4v) is 1.72. The molecular formula is C21H27NO2. The molecule has 0 aliphatic carbocycles. The average Bonchev–Trinajstić information content (AvgIpc) is 2.60. The summed E-state index contributed by atoms with van der Waals surface area (Å²) in [5.41, 5.74) is 1.59. The van der Waals surface area contributed by atoms with Crippen LogP contribution in [0.15, 0.2) is 0 Å². The number of nitrogens with one attached hydrogen (secondary N) is 1. The molecule has 1 amide bonds. The highest BCUT2D eigenvalue weighted by molar-refractivity contribution is 5.74. The molecule has 0 radical (unpaired) electrons. The lowest BCUT2D eigenvalue weighted by molar-refractivity contribution is -0.129. The number of unbranched alkanes of at least 4 members (excludes halogenated alkanes) is 5. The number of rotatable bonds is 7. The summed E-state index contributed by atoms with van der Waals surface area (Å²) < 4.78 is 0. The Bertz CT molecular complexity index is 576. The Labute approximate surface area is 146 Å². The summed E-state index contributed by atoms with van der Waals surface area (Å²) in [5, 5.41) is 8.31. The van der Waals surface area contributed by atoms with E-state index in [1.165, 1.54) is 25.7 Å². The Morgan fingerprint density at radius 1 is 0.750 bits per heavy atom. The number of carbonyl (C=O) groups is 1. The van der Waals surface area contributed by atoms with Gasteiger partial charge in [-0.15, -0.1) is 11.8 Å². The van der Waals surface area contributed by atoms with Crippen molar-refractivity contribution in [2.45, 2.75) is 77.6 Å². The predicted molar refractivity (Wildman–Crippen MR) is 97.5 cm³/mol. The topological polar surface area (TPSA) is 49.3 Å². The third kappa shape index (κ3) is 17.7. The summed E-state index contributed by atoms with van der Waals surface area (Å²) >= 11 is 0. The normalized spacial score (nSPS) is 8.25. The zero-order valence-corrected chi connectivity index (χ0v) is 14.6. The van der Waals surface area contributed by atoms with Crippen molar-refractivity contribution >= 4 is 5.91 Å². The maximum atomic E-state index is 10.7. The summed E-state index contributed by atoms with van der Waals surface area (Å²) in [6.45, 7) is 2.21. The second kappa shape index (κ2) is 18.7. The van der Waals surface area contributed by atoms with Crippen molar-refractivity contribution in [3.8, 4) is 47.4 Å². The van der Waals surface area contributed by atoms with Crippen molar-refractivity contribution in [2.24, 2.45) is 0 Å². The Balaban J connectivity index is 3.58. The highest BCUT2D eigenvalue weighted by atomic mass is 16.5. The molecule has 2 N–H and O–H groups in total. The van der Waals surface area contributed by atoms with E-state index >= 15 is 0 Å². The highest BCUT2D eigenvalue weighted by Gasteiger charge is 1.95. The minimum Gasteiger partial charge on any atom is -0.289 e. The maximum Gasteiger partial charge on any atom is 0.243 e. The van der Waals surface area contributed by atoms with Gasteiger partial charge in [0, 0.05) is 19.3 Å². The van der Waals surface area contributed by atoms with E-state index in [0.29, 0.717) is 32.1 Å². The predicted octanol–water partition coefficient (Wildman–Crippen LogP) is 3.82. The summed E-state index contributed by atoms with van der Waals surface area (Å²) in [6, 6.07) is 0. The van der Waals surface area contributed by atoms with E-state index in [1.54, 1.807) is 5.48 Å². The van der Waals surface area contributed by atoms with Crippen molar-refractivity contribution in [1.82, 2.24) is 5.48 Å². The number of hydroxylamine groups is 1. The molecule has 0 unspecified atom stereocenters. The highest BCUT2D eigenvalue weighted by Crippen LogP contribution is 2.00. The molecule has 0 aliphatic rings. The smallest absolute Gasteiger partial charge is 0.243 e. The first-order chi connectivity index (χ1) is 11.8. The van der Waals surface area contributed by atoms with Crippen LogP contribution in [-0.4, -0.2) is 11.1 Å². The molecule has 0 atom stereocenters. The summed E-state index contributed by atoms with van der Waals surface area (Å²) in [4.78, 5) is 10.7. The Kier molecular flexibility index (Phi) is 16.9. The number of hydrogen-bond donors (Lipinski definition) is 2. The summed E-state index contributed by atoms with van der Waals surface area (Å²) in [6.07, 6.45) is 9.24. The molecule has 128 valence electrons. The van der Waals surface area contributed by atoms with Gasteiger partial charge >= 0.3 is 0 Å². The van der Waals surface area contributed by atoms with E-state index in [2.05, 4.69) is 54.3 Å². The van der Waals surface area contributed by atoms with Crippen LogP contribution >= 0.6 is 0 Å². The van der Waals surface area contributed by atoms with Crippen LogP contribution in [0.2, 0.25) is 0 Å². The molecule has 0 aliphatic heterocycles. The van der Waals surface area contributed by atoms with Gasteiger partial charge in [0.05, 0.1) is 19.3 Å². The van der Waals surface area contributed by atoms with Crippen LogP contribution < -0.4 is 5.48 Å². The van der Waals surface area contributed by atoms with Gasteiger partial charge in [-0.1, -0.05) is 61.7 Å². The van der Waals surface area contributed by atoms with Crippen molar-refractivity contribution in [1.29, 1.82) is 0 Å². The second-order valence-electron chi connectivity index (χ2n) is 5.14.